The molecule has 5 amide bonds. The van der Waals surface area contributed by atoms with Gasteiger partial charge < -0.3 is 25.4 Å². The number of thiophene rings is 1. The van der Waals surface area contributed by atoms with Gasteiger partial charge in [0.25, 0.3) is 5.91 Å². The first-order chi connectivity index (χ1) is 17.9. The fraction of sp³-hybridized carbons (Fsp3) is 0.440. The van der Waals surface area contributed by atoms with Crippen LogP contribution >= 0.6 is 11.3 Å². The lowest BCUT2D eigenvalue weighted by atomic mass is 10.1. The second kappa shape index (κ2) is 12.1. The summed E-state index contributed by atoms with van der Waals surface area (Å²) in [5.74, 6) is -1.18. The number of amides is 5. The van der Waals surface area contributed by atoms with Gasteiger partial charge in [-0.15, -0.1) is 11.3 Å². The smallest absolute Gasteiger partial charge is 0.411 e. The first kappa shape index (κ1) is 28.7. The number of benzene rings is 1. The number of rotatable bonds is 6. The van der Waals surface area contributed by atoms with Gasteiger partial charge in [-0.3, -0.25) is 15.4 Å². The maximum atomic E-state index is 14.6. The van der Waals surface area contributed by atoms with E-state index in [1.165, 1.54) is 18.2 Å². The molecular formula is C25H32FN5O6S. The van der Waals surface area contributed by atoms with E-state index in [4.69, 9.17) is 15.2 Å². The van der Waals surface area contributed by atoms with E-state index in [0.29, 0.717) is 29.8 Å². The highest BCUT2D eigenvalue weighted by atomic mass is 32.1. The molecule has 2 heterocycles. The molecule has 13 heteroatoms. The maximum Gasteiger partial charge on any atom is 0.411 e. The largest absolute Gasteiger partial charge is 0.450 e. The first-order valence-electron chi connectivity index (χ1n) is 12.1. The topological polar surface area (TPSA) is 152 Å². The molecule has 1 aromatic heterocycles. The molecule has 206 valence electrons. The third-order valence-corrected chi connectivity index (χ3v) is 6.49. The van der Waals surface area contributed by atoms with Crippen LogP contribution in [-0.2, 0) is 9.47 Å². The summed E-state index contributed by atoms with van der Waals surface area (Å²) >= 11 is 1.04. The van der Waals surface area contributed by atoms with Crippen LogP contribution in [0, 0.1) is 5.82 Å². The molecule has 5 N–H and O–H groups in total. The zero-order valence-corrected chi connectivity index (χ0v) is 22.5. The molecule has 0 unspecified atom stereocenters. The number of urea groups is 1. The van der Waals surface area contributed by atoms with Crippen LogP contribution in [0.3, 0.4) is 0 Å². The van der Waals surface area contributed by atoms with Crippen molar-refractivity contribution in [3.63, 3.8) is 0 Å². The van der Waals surface area contributed by atoms with Crippen LogP contribution in [0.5, 0.6) is 0 Å². The van der Waals surface area contributed by atoms with Crippen molar-refractivity contribution in [1.29, 1.82) is 0 Å². The summed E-state index contributed by atoms with van der Waals surface area (Å²) < 4.78 is 24.8. The van der Waals surface area contributed by atoms with Gasteiger partial charge in [-0.1, -0.05) is 6.07 Å². The third kappa shape index (κ3) is 7.81. The van der Waals surface area contributed by atoms with Gasteiger partial charge in [0.05, 0.1) is 17.9 Å². The number of hydrogen-bond donors (Lipinski definition) is 4. The van der Waals surface area contributed by atoms with Crippen molar-refractivity contribution >= 4 is 46.2 Å². The lowest BCUT2D eigenvalue weighted by molar-refractivity contribution is 0.0185. The summed E-state index contributed by atoms with van der Waals surface area (Å²) in [4.78, 5) is 50.9. The zero-order chi connectivity index (χ0) is 28.0. The molecule has 1 saturated heterocycles. The molecule has 1 aromatic carbocycles. The number of nitrogens with two attached hydrogens (primary N) is 1. The number of halogens is 1. The number of carbonyl (C=O) groups excluding carboxylic acids is 4. The van der Waals surface area contributed by atoms with E-state index in [9.17, 15) is 23.6 Å². The van der Waals surface area contributed by atoms with Crippen molar-refractivity contribution in [3.8, 4) is 10.4 Å². The number of nitrogens with one attached hydrogen (secondary N) is 3. The quantitative estimate of drug-likeness (QED) is 0.408. The number of nitrogens with zero attached hydrogens (tertiary/aromatic N) is 1. The lowest BCUT2D eigenvalue weighted by Crippen LogP contribution is -2.50. The minimum atomic E-state index is -0.860. The molecule has 0 radical (unpaired) electrons. The molecule has 11 nitrogen and oxygen atoms in total. The van der Waals surface area contributed by atoms with Gasteiger partial charge >= 0.3 is 18.2 Å². The lowest BCUT2D eigenvalue weighted by Gasteiger charge is -2.34. The van der Waals surface area contributed by atoms with Crippen molar-refractivity contribution in [2.45, 2.75) is 52.2 Å². The Balaban J connectivity index is 1.78. The molecule has 0 spiro atoms. The van der Waals surface area contributed by atoms with E-state index >= 15 is 0 Å². The fourth-order valence-electron chi connectivity index (χ4n) is 3.80. The van der Waals surface area contributed by atoms with Crippen molar-refractivity contribution in [1.82, 2.24) is 10.2 Å². The summed E-state index contributed by atoms with van der Waals surface area (Å²) in [6.07, 6.45) is 0.0981. The summed E-state index contributed by atoms with van der Waals surface area (Å²) in [5, 5.41) is 7.86. The number of ether oxygens (including phenoxy) is 2. The van der Waals surface area contributed by atoms with E-state index in [-0.39, 0.29) is 35.4 Å². The number of anilines is 2. The van der Waals surface area contributed by atoms with Gasteiger partial charge in [-0.25, -0.2) is 18.8 Å². The van der Waals surface area contributed by atoms with E-state index in [2.05, 4.69) is 16.0 Å². The van der Waals surface area contributed by atoms with Gasteiger partial charge in [0.15, 0.2) is 0 Å². The highest BCUT2D eigenvalue weighted by molar-refractivity contribution is 7.20. The molecule has 1 atom stereocenters. The molecule has 38 heavy (non-hydrogen) atoms. The molecule has 1 aliphatic rings. The minimum Gasteiger partial charge on any atom is -0.450 e. The third-order valence-electron chi connectivity index (χ3n) is 5.39. The Morgan fingerprint density at radius 2 is 1.92 bits per heavy atom. The van der Waals surface area contributed by atoms with Crippen LogP contribution in [-0.4, -0.2) is 60.4 Å². The Bertz CT molecular complexity index is 1210. The monoisotopic (exact) mass is 549 g/mol. The molecule has 0 saturated carbocycles. The molecule has 1 aliphatic heterocycles. The summed E-state index contributed by atoms with van der Waals surface area (Å²) in [6, 6.07) is 4.46. The average Bonchev–Trinajstić information content (AvgIpc) is 3.23. The molecule has 3 rings (SSSR count). The van der Waals surface area contributed by atoms with Gasteiger partial charge in [0, 0.05) is 24.0 Å². The minimum absolute atomic E-state index is 0.0657. The Hall–Kier alpha value is -3.87. The summed E-state index contributed by atoms with van der Waals surface area (Å²) in [5.41, 5.74) is 5.16. The fourth-order valence-corrected chi connectivity index (χ4v) is 4.86. The van der Waals surface area contributed by atoms with Gasteiger partial charge in [-0.05, 0) is 64.3 Å². The number of primary amides is 1. The maximum absolute atomic E-state index is 14.6. The molecule has 0 aliphatic carbocycles. The van der Waals surface area contributed by atoms with Crippen molar-refractivity contribution < 1.29 is 33.0 Å². The van der Waals surface area contributed by atoms with Crippen LogP contribution in [0.2, 0.25) is 0 Å². The molecule has 1 fully saturated rings. The van der Waals surface area contributed by atoms with E-state index < -0.39 is 35.5 Å². The standard InChI is InChI=1S/C25H32FN5O6S/c1-5-36-23(34)29-18-9-8-14(11-17(18)26)19-12-16(21(38-19)30-22(27)33)20(32)28-15-7-6-10-31(13-15)24(35)37-25(2,3)4/h8-9,11-12,15H,5-7,10,13H2,1-4H3,(H,28,32)(H,29,34)(H3,27,30,33)/t15-/m0/s1. The number of likely N-dealkylation sites (tertiary alicyclic amines) is 1. The van der Waals surface area contributed by atoms with E-state index in [1.54, 1.807) is 38.7 Å². The predicted molar refractivity (Wildman–Crippen MR) is 142 cm³/mol. The predicted octanol–water partition coefficient (Wildman–Crippen LogP) is 4.74. The Morgan fingerprint density at radius 3 is 2.55 bits per heavy atom. The SMILES string of the molecule is CCOC(=O)Nc1ccc(-c2cc(C(=O)N[C@H]3CCCN(C(=O)OC(C)(C)C)C3)c(NC(N)=O)s2)cc1F. The highest BCUT2D eigenvalue weighted by Gasteiger charge is 2.29. The van der Waals surface area contributed by atoms with Crippen molar-refractivity contribution in [2.75, 3.05) is 30.3 Å². The van der Waals surface area contributed by atoms with Gasteiger partial charge in [0.1, 0.15) is 16.4 Å². The van der Waals surface area contributed by atoms with Crippen molar-refractivity contribution in [2.24, 2.45) is 5.73 Å². The number of carbonyl (C=O) groups is 4. The van der Waals surface area contributed by atoms with Gasteiger partial charge in [0.2, 0.25) is 0 Å². The summed E-state index contributed by atoms with van der Waals surface area (Å²) in [7, 11) is 0. The van der Waals surface area contributed by atoms with Crippen LogP contribution in [0.4, 0.5) is 29.5 Å². The number of hydrogen-bond acceptors (Lipinski definition) is 7. The number of piperidine rings is 1. The van der Waals surface area contributed by atoms with Gasteiger partial charge in [-0.2, -0.15) is 0 Å². The Labute approximate surface area is 223 Å². The van der Waals surface area contributed by atoms with Crippen LogP contribution in [0.25, 0.3) is 10.4 Å². The highest BCUT2D eigenvalue weighted by Crippen LogP contribution is 2.37. The Morgan fingerprint density at radius 1 is 1.18 bits per heavy atom. The first-order valence-corrected chi connectivity index (χ1v) is 12.9. The van der Waals surface area contributed by atoms with Crippen LogP contribution in [0.1, 0.15) is 50.9 Å². The van der Waals surface area contributed by atoms with E-state index in [0.717, 1.165) is 11.3 Å². The average molecular weight is 550 g/mol. The zero-order valence-electron chi connectivity index (χ0n) is 21.7. The molecule has 2 aromatic rings. The van der Waals surface area contributed by atoms with Crippen molar-refractivity contribution in [3.05, 3.63) is 35.6 Å². The summed E-state index contributed by atoms with van der Waals surface area (Å²) in [6.45, 7) is 7.92. The second-order valence-electron chi connectivity index (χ2n) is 9.62. The Kier molecular flexibility index (Phi) is 9.15. The second-order valence-corrected chi connectivity index (χ2v) is 10.7. The molecular weight excluding hydrogens is 517 g/mol. The van der Waals surface area contributed by atoms with Crippen LogP contribution in [0.15, 0.2) is 24.3 Å². The van der Waals surface area contributed by atoms with E-state index in [1.807, 2.05) is 0 Å². The van der Waals surface area contributed by atoms with Crippen LogP contribution < -0.4 is 21.7 Å². The normalized spacial score (nSPS) is 15.4. The molecule has 0 bridgehead atoms.